The first-order chi connectivity index (χ1) is 12.1. The highest BCUT2D eigenvalue weighted by Crippen LogP contribution is 2.29. The summed E-state index contributed by atoms with van der Waals surface area (Å²) in [6.07, 6.45) is 4.47. The lowest BCUT2D eigenvalue weighted by Gasteiger charge is -2.16. The Kier molecular flexibility index (Phi) is 3.95. The van der Waals surface area contributed by atoms with E-state index in [4.69, 9.17) is 4.42 Å². The second-order valence-corrected chi connectivity index (χ2v) is 7.42. The average Bonchev–Trinajstić information content (AvgIpc) is 3.22. The van der Waals surface area contributed by atoms with Crippen LogP contribution >= 0.6 is 11.3 Å². The molecular weight excluding hydrogens is 338 g/mol. The van der Waals surface area contributed by atoms with Crippen LogP contribution in [0.15, 0.2) is 27.6 Å². The summed E-state index contributed by atoms with van der Waals surface area (Å²) < 4.78 is 7.08. The predicted molar refractivity (Wildman–Crippen MR) is 96.1 cm³/mol. The molecule has 7 heteroatoms. The monoisotopic (exact) mass is 357 g/mol. The second-order valence-electron chi connectivity index (χ2n) is 6.42. The third-order valence-corrected chi connectivity index (χ3v) is 5.85. The van der Waals surface area contributed by atoms with Crippen LogP contribution < -0.4 is 5.56 Å². The van der Waals surface area contributed by atoms with Gasteiger partial charge in [-0.1, -0.05) is 0 Å². The van der Waals surface area contributed by atoms with E-state index in [0.29, 0.717) is 28.2 Å². The Hall–Kier alpha value is -2.41. The number of aromatic nitrogens is 2. The first kappa shape index (κ1) is 16.1. The molecule has 130 valence electrons. The summed E-state index contributed by atoms with van der Waals surface area (Å²) in [6.45, 7) is 2.95. The molecule has 1 amide bonds. The molecule has 0 saturated carbocycles. The zero-order valence-electron chi connectivity index (χ0n) is 14.2. The minimum absolute atomic E-state index is 0.0128. The second kappa shape index (κ2) is 6.15. The minimum Gasteiger partial charge on any atom is -0.467 e. The van der Waals surface area contributed by atoms with Gasteiger partial charge in [-0.3, -0.25) is 14.2 Å². The number of fused-ring (bicyclic) bond motifs is 2. The third kappa shape index (κ3) is 2.68. The Balaban J connectivity index is 1.75. The van der Waals surface area contributed by atoms with Gasteiger partial charge in [-0.15, -0.1) is 11.3 Å². The van der Waals surface area contributed by atoms with Gasteiger partial charge in [0.2, 0.25) is 0 Å². The highest BCUT2D eigenvalue weighted by molar-refractivity contribution is 7.20. The van der Waals surface area contributed by atoms with Crippen molar-refractivity contribution in [2.45, 2.75) is 39.3 Å². The van der Waals surface area contributed by atoms with Crippen molar-refractivity contribution < 1.29 is 9.21 Å². The molecule has 1 aliphatic heterocycles. The molecule has 3 aromatic rings. The summed E-state index contributed by atoms with van der Waals surface area (Å²) >= 11 is 1.31. The fourth-order valence-electron chi connectivity index (χ4n) is 3.32. The van der Waals surface area contributed by atoms with Gasteiger partial charge in [-0.2, -0.15) is 0 Å². The fourth-order valence-corrected chi connectivity index (χ4v) is 4.50. The van der Waals surface area contributed by atoms with Crippen molar-refractivity contribution in [2.24, 2.45) is 0 Å². The van der Waals surface area contributed by atoms with Gasteiger partial charge in [-0.05, 0) is 37.5 Å². The topological polar surface area (TPSA) is 68.3 Å². The molecule has 0 spiro atoms. The summed E-state index contributed by atoms with van der Waals surface area (Å²) in [5, 5.41) is 0.588. The number of furan rings is 1. The number of aryl methyl sites for hydroxylation is 2. The Morgan fingerprint density at radius 1 is 1.44 bits per heavy atom. The van der Waals surface area contributed by atoms with E-state index in [1.54, 1.807) is 28.8 Å². The van der Waals surface area contributed by atoms with Crippen molar-refractivity contribution in [3.8, 4) is 0 Å². The molecule has 4 heterocycles. The quantitative estimate of drug-likeness (QED) is 0.723. The lowest BCUT2D eigenvalue weighted by atomic mass is 10.1. The molecule has 3 aromatic heterocycles. The molecule has 0 atom stereocenters. The van der Waals surface area contributed by atoms with Crippen molar-refractivity contribution in [3.63, 3.8) is 0 Å². The fraction of sp³-hybridized carbons (Fsp3) is 0.389. The van der Waals surface area contributed by atoms with E-state index in [2.05, 4.69) is 4.98 Å². The SMILES string of the molecule is Cc1c(C(=O)N(C)Cc2ccco2)sc2nc3n(c(=O)c12)CCCC3. The van der Waals surface area contributed by atoms with E-state index in [1.165, 1.54) is 11.3 Å². The van der Waals surface area contributed by atoms with Crippen LogP contribution in [0.25, 0.3) is 10.2 Å². The van der Waals surface area contributed by atoms with Crippen molar-refractivity contribution in [3.05, 3.63) is 50.8 Å². The molecule has 0 N–H and O–H groups in total. The summed E-state index contributed by atoms with van der Waals surface area (Å²) in [5.41, 5.74) is 0.718. The maximum absolute atomic E-state index is 12.9. The van der Waals surface area contributed by atoms with E-state index >= 15 is 0 Å². The first-order valence-corrected chi connectivity index (χ1v) is 9.18. The molecule has 0 saturated heterocycles. The van der Waals surface area contributed by atoms with E-state index in [-0.39, 0.29) is 11.5 Å². The lowest BCUT2D eigenvalue weighted by molar-refractivity contribution is 0.0779. The van der Waals surface area contributed by atoms with Gasteiger partial charge in [0.05, 0.1) is 23.1 Å². The predicted octanol–water partition coefficient (Wildman–Crippen LogP) is 2.97. The standard InChI is InChI=1S/C18H19N3O3S/c1-11-14-16(19-13-7-3-4-8-21(13)17(14)22)25-15(11)18(23)20(2)10-12-6-5-9-24-12/h5-6,9H,3-4,7-8,10H2,1-2H3. The molecule has 0 unspecified atom stereocenters. The number of carbonyl (C=O) groups is 1. The minimum atomic E-state index is -0.112. The van der Waals surface area contributed by atoms with Crippen LogP contribution in [-0.4, -0.2) is 27.4 Å². The van der Waals surface area contributed by atoms with Crippen LogP contribution in [0.1, 0.15) is 39.7 Å². The average molecular weight is 357 g/mol. The summed E-state index contributed by atoms with van der Waals surface area (Å²) in [6, 6.07) is 3.64. The molecule has 0 aliphatic carbocycles. The number of rotatable bonds is 3. The van der Waals surface area contributed by atoms with Crippen LogP contribution in [-0.2, 0) is 19.5 Å². The van der Waals surface area contributed by atoms with Gasteiger partial charge in [0, 0.05) is 20.0 Å². The highest BCUT2D eigenvalue weighted by atomic mass is 32.1. The van der Waals surface area contributed by atoms with Crippen LogP contribution in [0.4, 0.5) is 0 Å². The van der Waals surface area contributed by atoms with E-state index in [9.17, 15) is 9.59 Å². The maximum atomic E-state index is 12.9. The summed E-state index contributed by atoms with van der Waals surface area (Å²) in [7, 11) is 1.74. The number of carbonyl (C=O) groups excluding carboxylic acids is 1. The molecule has 0 fully saturated rings. The maximum Gasteiger partial charge on any atom is 0.264 e. The number of hydrogen-bond donors (Lipinski definition) is 0. The zero-order chi connectivity index (χ0) is 17.6. The summed E-state index contributed by atoms with van der Waals surface area (Å²) in [5.74, 6) is 1.45. The van der Waals surface area contributed by atoms with Gasteiger partial charge in [-0.25, -0.2) is 4.98 Å². The Morgan fingerprint density at radius 3 is 3.04 bits per heavy atom. The van der Waals surface area contributed by atoms with Crippen molar-refractivity contribution in [1.82, 2.24) is 14.5 Å². The van der Waals surface area contributed by atoms with Crippen molar-refractivity contribution >= 4 is 27.5 Å². The molecule has 4 rings (SSSR count). The molecule has 0 bridgehead atoms. The van der Waals surface area contributed by atoms with Crippen LogP contribution in [0.2, 0.25) is 0 Å². The largest absolute Gasteiger partial charge is 0.467 e. The smallest absolute Gasteiger partial charge is 0.264 e. The van der Waals surface area contributed by atoms with Gasteiger partial charge in [0.1, 0.15) is 16.4 Å². The Labute approximate surface area is 148 Å². The molecule has 0 radical (unpaired) electrons. The Bertz CT molecular complexity index is 1000. The van der Waals surface area contributed by atoms with Crippen molar-refractivity contribution in [2.75, 3.05) is 7.05 Å². The van der Waals surface area contributed by atoms with Crippen molar-refractivity contribution in [1.29, 1.82) is 0 Å². The van der Waals surface area contributed by atoms with E-state index < -0.39 is 0 Å². The molecule has 1 aliphatic rings. The van der Waals surface area contributed by atoms with Gasteiger partial charge in [0.15, 0.2) is 0 Å². The normalized spacial score (nSPS) is 13.8. The van der Waals surface area contributed by atoms with Gasteiger partial charge in [0.25, 0.3) is 11.5 Å². The highest BCUT2D eigenvalue weighted by Gasteiger charge is 2.24. The number of amides is 1. The molecular formula is C18H19N3O3S. The summed E-state index contributed by atoms with van der Waals surface area (Å²) in [4.78, 5) is 33.2. The van der Waals surface area contributed by atoms with Crippen LogP contribution in [0, 0.1) is 6.92 Å². The molecule has 25 heavy (non-hydrogen) atoms. The van der Waals surface area contributed by atoms with Crippen LogP contribution in [0.3, 0.4) is 0 Å². The van der Waals surface area contributed by atoms with Crippen LogP contribution in [0.5, 0.6) is 0 Å². The Morgan fingerprint density at radius 2 is 2.28 bits per heavy atom. The first-order valence-electron chi connectivity index (χ1n) is 8.37. The molecule has 0 aromatic carbocycles. The van der Waals surface area contributed by atoms with E-state index in [1.807, 2.05) is 13.0 Å². The molecule has 6 nitrogen and oxygen atoms in total. The third-order valence-electron chi connectivity index (χ3n) is 4.68. The number of thiophene rings is 1. The van der Waals surface area contributed by atoms with E-state index in [0.717, 1.165) is 36.4 Å². The number of nitrogens with zero attached hydrogens (tertiary/aromatic N) is 3. The van der Waals surface area contributed by atoms with Gasteiger partial charge >= 0.3 is 0 Å². The lowest BCUT2D eigenvalue weighted by Crippen LogP contribution is -2.28. The van der Waals surface area contributed by atoms with Gasteiger partial charge < -0.3 is 9.32 Å². The number of hydrogen-bond acceptors (Lipinski definition) is 5. The zero-order valence-corrected chi connectivity index (χ0v) is 15.1.